The number of carboxylic acids is 1. The molecule has 0 heterocycles. The fraction of sp³-hybridized carbons (Fsp3) is 0.176. The molecule has 0 fully saturated rings. The fourth-order valence-corrected chi connectivity index (χ4v) is 2.36. The zero-order valence-corrected chi connectivity index (χ0v) is 14.6. The van der Waals surface area contributed by atoms with Crippen molar-refractivity contribution < 1.29 is 19.4 Å². The Morgan fingerprint density at radius 3 is 2.30 bits per heavy atom. The van der Waals surface area contributed by atoms with E-state index in [9.17, 15) is 14.7 Å². The molecule has 0 saturated carbocycles. The maximum absolute atomic E-state index is 12.0. The minimum Gasteiger partial charge on any atom is -0.479 e. The van der Waals surface area contributed by atoms with Crippen molar-refractivity contribution in [2.45, 2.75) is 19.1 Å². The number of aliphatic carboxylic acids is 1. The second-order valence-corrected chi connectivity index (χ2v) is 6.37. The zero-order valence-electron chi connectivity index (χ0n) is 12.5. The molecule has 2 rings (SSSR count). The largest absolute Gasteiger partial charge is 0.479 e. The second-order valence-electron chi connectivity index (χ2n) is 5.12. The third kappa shape index (κ3) is 4.44. The van der Waals surface area contributed by atoms with Gasteiger partial charge in [-0.25, -0.2) is 9.59 Å². The maximum Gasteiger partial charge on any atom is 0.408 e. The summed E-state index contributed by atoms with van der Waals surface area (Å²) in [5.74, 6) is -1.16. The number of hydrogen-bond acceptors (Lipinski definition) is 3. The molecule has 120 valence electrons. The Morgan fingerprint density at radius 2 is 1.74 bits per heavy atom. The molecule has 1 amide bonds. The molecule has 1 atom stereocenters. The highest BCUT2D eigenvalue weighted by atomic mass is 127. The Morgan fingerprint density at radius 1 is 1.13 bits per heavy atom. The standard InChI is InChI=1S/C17H16INO4/c1-17(15(20)21,13-7-9-14(18)10-8-13)19-16(22)23-11-12-5-3-2-4-6-12/h2-10H,11H2,1H3,(H,19,22)(H,20,21). The van der Waals surface area contributed by atoms with Crippen LogP contribution in [0.2, 0.25) is 0 Å². The van der Waals surface area contributed by atoms with Crippen LogP contribution in [0.15, 0.2) is 54.6 Å². The number of benzene rings is 2. The van der Waals surface area contributed by atoms with Gasteiger partial charge in [0.25, 0.3) is 0 Å². The number of ether oxygens (including phenoxy) is 1. The van der Waals surface area contributed by atoms with E-state index in [1.165, 1.54) is 6.92 Å². The Bertz CT molecular complexity index is 687. The normalized spacial score (nSPS) is 13.0. The van der Waals surface area contributed by atoms with Crippen LogP contribution >= 0.6 is 22.6 Å². The van der Waals surface area contributed by atoms with Crippen molar-refractivity contribution in [1.29, 1.82) is 0 Å². The summed E-state index contributed by atoms with van der Waals surface area (Å²) in [7, 11) is 0. The van der Waals surface area contributed by atoms with E-state index in [4.69, 9.17) is 4.74 Å². The summed E-state index contributed by atoms with van der Waals surface area (Å²) < 4.78 is 6.08. The number of alkyl carbamates (subject to hydrolysis) is 1. The average Bonchev–Trinajstić information content (AvgIpc) is 2.54. The van der Waals surface area contributed by atoms with Gasteiger partial charge in [0.05, 0.1) is 0 Å². The molecule has 2 aromatic rings. The first-order chi connectivity index (χ1) is 10.9. The van der Waals surface area contributed by atoms with Crippen LogP contribution in [0.25, 0.3) is 0 Å². The molecule has 5 nitrogen and oxygen atoms in total. The molecular formula is C17H16INO4. The lowest BCUT2D eigenvalue weighted by atomic mass is 9.92. The quantitative estimate of drug-likeness (QED) is 0.720. The van der Waals surface area contributed by atoms with Gasteiger partial charge in [-0.15, -0.1) is 0 Å². The van der Waals surface area contributed by atoms with Crippen LogP contribution in [0, 0.1) is 3.57 Å². The number of carbonyl (C=O) groups is 2. The van der Waals surface area contributed by atoms with Crippen molar-refractivity contribution >= 4 is 34.7 Å². The van der Waals surface area contributed by atoms with Crippen LogP contribution in [0.3, 0.4) is 0 Å². The summed E-state index contributed by atoms with van der Waals surface area (Å²) in [4.78, 5) is 23.6. The molecule has 2 N–H and O–H groups in total. The minimum absolute atomic E-state index is 0.0784. The zero-order chi connectivity index (χ0) is 16.9. The number of nitrogens with one attached hydrogen (secondary N) is 1. The topological polar surface area (TPSA) is 75.6 Å². The summed E-state index contributed by atoms with van der Waals surface area (Å²) in [6, 6.07) is 16.1. The van der Waals surface area contributed by atoms with Gasteiger partial charge in [-0.05, 0) is 52.8 Å². The smallest absolute Gasteiger partial charge is 0.408 e. The van der Waals surface area contributed by atoms with E-state index >= 15 is 0 Å². The average molecular weight is 425 g/mol. The maximum atomic E-state index is 12.0. The molecule has 0 aliphatic heterocycles. The summed E-state index contributed by atoms with van der Waals surface area (Å²) in [6.07, 6.45) is -0.780. The lowest BCUT2D eigenvalue weighted by Crippen LogP contribution is -2.49. The van der Waals surface area contributed by atoms with E-state index in [0.717, 1.165) is 9.13 Å². The Hall–Kier alpha value is -2.09. The number of halogens is 1. The number of rotatable bonds is 5. The first-order valence-corrected chi connectivity index (χ1v) is 7.98. The molecule has 1 unspecified atom stereocenters. The van der Waals surface area contributed by atoms with Crippen molar-refractivity contribution in [3.8, 4) is 0 Å². The monoisotopic (exact) mass is 425 g/mol. The van der Waals surface area contributed by atoms with Crippen LogP contribution in [0.1, 0.15) is 18.1 Å². The van der Waals surface area contributed by atoms with Crippen molar-refractivity contribution in [1.82, 2.24) is 5.32 Å². The molecule has 0 spiro atoms. The predicted octanol–water partition coefficient (Wildman–Crippen LogP) is 3.52. The summed E-state index contributed by atoms with van der Waals surface area (Å²) in [5.41, 5.74) is -0.256. The van der Waals surface area contributed by atoms with Crippen molar-refractivity contribution in [3.63, 3.8) is 0 Å². The number of carboxylic acid groups (broad SMARTS) is 1. The highest BCUT2D eigenvalue weighted by Crippen LogP contribution is 2.22. The highest BCUT2D eigenvalue weighted by Gasteiger charge is 2.37. The van der Waals surface area contributed by atoms with Crippen LogP contribution in [-0.4, -0.2) is 17.2 Å². The lowest BCUT2D eigenvalue weighted by Gasteiger charge is -2.26. The van der Waals surface area contributed by atoms with E-state index in [0.29, 0.717) is 5.56 Å². The number of amides is 1. The van der Waals surface area contributed by atoms with Gasteiger partial charge in [-0.1, -0.05) is 42.5 Å². The molecule has 0 aliphatic rings. The first-order valence-electron chi connectivity index (χ1n) is 6.90. The molecular weight excluding hydrogens is 409 g/mol. The van der Waals surface area contributed by atoms with E-state index in [1.807, 2.05) is 30.3 Å². The predicted molar refractivity (Wildman–Crippen MR) is 93.9 cm³/mol. The molecule has 6 heteroatoms. The fourth-order valence-electron chi connectivity index (χ4n) is 2.00. The SMILES string of the molecule is CC(NC(=O)OCc1ccccc1)(C(=O)O)c1ccc(I)cc1. The van der Waals surface area contributed by atoms with Gasteiger partial charge in [0.1, 0.15) is 6.61 Å². The van der Waals surface area contributed by atoms with Crippen LogP contribution < -0.4 is 5.32 Å². The molecule has 0 radical (unpaired) electrons. The van der Waals surface area contributed by atoms with Gasteiger partial charge >= 0.3 is 12.1 Å². The number of hydrogen-bond donors (Lipinski definition) is 2. The Kier molecular flexibility index (Phi) is 5.59. The van der Waals surface area contributed by atoms with E-state index in [1.54, 1.807) is 24.3 Å². The summed E-state index contributed by atoms with van der Waals surface area (Å²) in [6.45, 7) is 1.51. The van der Waals surface area contributed by atoms with Gasteiger partial charge in [-0.2, -0.15) is 0 Å². The third-order valence-corrected chi connectivity index (χ3v) is 4.13. The van der Waals surface area contributed by atoms with Gasteiger partial charge in [-0.3, -0.25) is 0 Å². The molecule has 2 aromatic carbocycles. The van der Waals surface area contributed by atoms with Gasteiger partial charge in [0.2, 0.25) is 0 Å². The molecule has 0 saturated heterocycles. The van der Waals surface area contributed by atoms with Crippen molar-refractivity contribution in [2.24, 2.45) is 0 Å². The number of carbonyl (C=O) groups excluding carboxylic acids is 1. The van der Waals surface area contributed by atoms with Crippen LogP contribution in [-0.2, 0) is 21.7 Å². The third-order valence-electron chi connectivity index (χ3n) is 3.41. The van der Waals surface area contributed by atoms with Crippen molar-refractivity contribution in [3.05, 3.63) is 69.3 Å². The van der Waals surface area contributed by atoms with E-state index in [2.05, 4.69) is 27.9 Å². The van der Waals surface area contributed by atoms with Gasteiger partial charge in [0.15, 0.2) is 5.54 Å². The highest BCUT2D eigenvalue weighted by molar-refractivity contribution is 14.1. The van der Waals surface area contributed by atoms with Crippen LogP contribution in [0.4, 0.5) is 4.79 Å². The van der Waals surface area contributed by atoms with E-state index < -0.39 is 17.6 Å². The summed E-state index contributed by atoms with van der Waals surface area (Å²) in [5, 5.41) is 12.0. The molecule has 23 heavy (non-hydrogen) atoms. The minimum atomic E-state index is -1.56. The van der Waals surface area contributed by atoms with Gasteiger partial charge in [0, 0.05) is 3.57 Å². The van der Waals surface area contributed by atoms with Gasteiger partial charge < -0.3 is 15.2 Å². The molecule has 0 bridgehead atoms. The lowest BCUT2D eigenvalue weighted by molar-refractivity contribution is -0.144. The Labute approximate surface area is 147 Å². The first kappa shape index (κ1) is 17.3. The summed E-state index contributed by atoms with van der Waals surface area (Å²) >= 11 is 2.13. The van der Waals surface area contributed by atoms with E-state index in [-0.39, 0.29) is 6.61 Å². The Balaban J connectivity index is 2.08. The van der Waals surface area contributed by atoms with Crippen LogP contribution in [0.5, 0.6) is 0 Å². The molecule has 0 aliphatic carbocycles. The van der Waals surface area contributed by atoms with Crippen molar-refractivity contribution in [2.75, 3.05) is 0 Å². The second kappa shape index (κ2) is 7.45. The molecule has 0 aromatic heterocycles.